The zero-order chi connectivity index (χ0) is 31.8. The molecule has 1 aromatic carbocycles. The van der Waals surface area contributed by atoms with Gasteiger partial charge in [-0.15, -0.1) is 0 Å². The molecule has 2 spiro atoms. The van der Waals surface area contributed by atoms with E-state index in [0.29, 0.717) is 37.4 Å². The van der Waals surface area contributed by atoms with Gasteiger partial charge in [-0.25, -0.2) is 4.79 Å². The quantitative estimate of drug-likeness (QED) is 0.189. The average Bonchev–Trinajstić information content (AvgIpc) is 3.75. The van der Waals surface area contributed by atoms with Crippen LogP contribution in [0.2, 0.25) is 0 Å². The molecule has 9 nitrogen and oxygen atoms in total. The van der Waals surface area contributed by atoms with Gasteiger partial charge in [0.25, 0.3) is 0 Å². The van der Waals surface area contributed by atoms with E-state index in [2.05, 4.69) is 31.7 Å². The second-order valence-corrected chi connectivity index (χ2v) is 15.8. The van der Waals surface area contributed by atoms with Crippen molar-refractivity contribution in [2.24, 2.45) is 22.7 Å². The van der Waals surface area contributed by atoms with Crippen molar-refractivity contribution in [3.05, 3.63) is 23.3 Å². The van der Waals surface area contributed by atoms with Crippen molar-refractivity contribution >= 4 is 6.16 Å². The van der Waals surface area contributed by atoms with Crippen LogP contribution in [-0.4, -0.2) is 92.7 Å². The number of hydrogen-bond acceptors (Lipinski definition) is 9. The molecule has 5 fully saturated rings. The van der Waals surface area contributed by atoms with Crippen LogP contribution in [0.3, 0.4) is 0 Å². The normalized spacial score (nSPS) is 35.8. The van der Waals surface area contributed by atoms with Gasteiger partial charge in [-0.1, -0.05) is 26.8 Å². The number of fused-ring (bicyclic) bond motifs is 2. The highest BCUT2D eigenvalue weighted by molar-refractivity contribution is 5.70. The zero-order valence-electron chi connectivity index (χ0n) is 28.1. The van der Waals surface area contributed by atoms with E-state index < -0.39 is 17.4 Å². The van der Waals surface area contributed by atoms with E-state index in [0.717, 1.165) is 51.1 Å². The Kier molecular flexibility index (Phi) is 7.80. The van der Waals surface area contributed by atoms with Crippen LogP contribution in [-0.2, 0) is 30.8 Å². The Balaban J connectivity index is 1.24. The number of piperidine rings is 1. The third kappa shape index (κ3) is 4.54. The van der Waals surface area contributed by atoms with Crippen molar-refractivity contribution in [3.63, 3.8) is 0 Å². The number of ether oxygens (including phenoxy) is 6. The molecule has 45 heavy (non-hydrogen) atoms. The zero-order valence-corrected chi connectivity index (χ0v) is 28.1. The average molecular weight is 628 g/mol. The van der Waals surface area contributed by atoms with Crippen LogP contribution in [0.1, 0.15) is 84.3 Å². The Morgan fingerprint density at radius 2 is 1.82 bits per heavy atom. The van der Waals surface area contributed by atoms with Crippen LogP contribution in [0.25, 0.3) is 0 Å². The molecule has 250 valence electrons. The molecule has 8 rings (SSSR count). The highest BCUT2D eigenvalue weighted by Gasteiger charge is 2.82. The smallest absolute Gasteiger partial charge is 0.482 e. The summed E-state index contributed by atoms with van der Waals surface area (Å²) < 4.78 is 35.8. The summed E-state index contributed by atoms with van der Waals surface area (Å²) >= 11 is 0. The Bertz CT molecular complexity index is 1300. The third-order valence-corrected chi connectivity index (χ3v) is 13.1. The molecule has 0 aromatic heterocycles. The van der Waals surface area contributed by atoms with Crippen LogP contribution in [0.15, 0.2) is 12.1 Å². The molecular formula is C36H53NO8. The van der Waals surface area contributed by atoms with Gasteiger partial charge in [0.15, 0.2) is 11.5 Å². The summed E-state index contributed by atoms with van der Waals surface area (Å²) in [5.74, 6) is 1.76. The molecular weight excluding hydrogens is 574 g/mol. The van der Waals surface area contributed by atoms with E-state index >= 15 is 0 Å². The number of carbonyl (C=O) groups is 1. The van der Waals surface area contributed by atoms with Gasteiger partial charge in [-0.2, -0.15) is 0 Å². The summed E-state index contributed by atoms with van der Waals surface area (Å²) in [5.41, 5.74) is 0.160. The first-order valence-electron chi connectivity index (χ1n) is 17.3. The van der Waals surface area contributed by atoms with E-state index in [1.54, 1.807) is 0 Å². The van der Waals surface area contributed by atoms with Crippen molar-refractivity contribution in [2.75, 3.05) is 53.2 Å². The molecule has 4 bridgehead atoms. The maximum Gasteiger partial charge on any atom is 0.514 e. The molecule has 9 heteroatoms. The molecule has 1 aromatic rings. The number of methoxy groups -OCH3 is 1. The van der Waals surface area contributed by atoms with Crippen LogP contribution in [0.4, 0.5) is 4.79 Å². The van der Waals surface area contributed by atoms with Gasteiger partial charge in [-0.3, -0.25) is 4.90 Å². The maximum absolute atomic E-state index is 12.9. The second kappa shape index (κ2) is 11.1. The molecule has 7 aliphatic rings. The van der Waals surface area contributed by atoms with E-state index in [-0.39, 0.29) is 41.5 Å². The number of likely N-dealkylation sites (tertiary alicyclic amines) is 1. The summed E-state index contributed by atoms with van der Waals surface area (Å²) in [6.45, 7) is 14.5. The van der Waals surface area contributed by atoms with Gasteiger partial charge < -0.3 is 33.5 Å². The Labute approximate surface area is 268 Å². The molecule has 2 heterocycles. The minimum atomic E-state index is -0.986. The summed E-state index contributed by atoms with van der Waals surface area (Å²) in [6.07, 6.45) is 6.31. The molecule has 1 N–H and O–H groups in total. The molecule has 2 aliphatic heterocycles. The molecule has 0 amide bonds. The number of nitrogens with zero attached hydrogens (tertiary/aromatic N) is 1. The van der Waals surface area contributed by atoms with E-state index in [1.807, 2.05) is 27.0 Å². The van der Waals surface area contributed by atoms with E-state index in [1.165, 1.54) is 24.0 Å². The van der Waals surface area contributed by atoms with Crippen molar-refractivity contribution in [2.45, 2.75) is 108 Å². The van der Waals surface area contributed by atoms with Crippen molar-refractivity contribution < 1.29 is 38.3 Å². The lowest BCUT2D eigenvalue weighted by Crippen LogP contribution is -2.83. The highest BCUT2D eigenvalue weighted by atomic mass is 16.7. The molecule has 5 aliphatic carbocycles. The van der Waals surface area contributed by atoms with Gasteiger partial charge in [0, 0.05) is 48.6 Å². The number of benzene rings is 1. The molecule has 0 radical (unpaired) electrons. The fourth-order valence-electron chi connectivity index (χ4n) is 10.3. The molecule has 1 unspecified atom stereocenters. The van der Waals surface area contributed by atoms with Gasteiger partial charge in [0.05, 0.1) is 25.4 Å². The number of hydrogen-bond donors (Lipinski definition) is 1. The first-order valence-corrected chi connectivity index (χ1v) is 17.3. The standard InChI is InChI=1S/C36H53NO8/c1-7-41-16-17-42-18-19-43-31(38)44-25-11-10-24-20-27-34-12-13-36(40-6,26(21-34)33(5,39)32(2,3)4)30-35(34,28(24)29(25)45-30)14-15-37(27)22-23-8-9-23/h10-11,23,26-27,30,39H,7-9,12-22H2,1-6H3/t26-,27-,30-,33+,34-,35+,36?/m1/s1. The van der Waals surface area contributed by atoms with Crippen molar-refractivity contribution in [3.8, 4) is 11.5 Å². The highest BCUT2D eigenvalue weighted by Crippen LogP contribution is 2.78. The Morgan fingerprint density at radius 1 is 1.07 bits per heavy atom. The third-order valence-electron chi connectivity index (χ3n) is 13.1. The number of rotatable bonds is 12. The van der Waals surface area contributed by atoms with Crippen LogP contribution >= 0.6 is 0 Å². The van der Waals surface area contributed by atoms with Crippen LogP contribution in [0.5, 0.6) is 11.5 Å². The van der Waals surface area contributed by atoms with Gasteiger partial charge in [0.1, 0.15) is 18.3 Å². The monoisotopic (exact) mass is 627 g/mol. The van der Waals surface area contributed by atoms with Gasteiger partial charge in [0.2, 0.25) is 0 Å². The van der Waals surface area contributed by atoms with Crippen molar-refractivity contribution in [1.29, 1.82) is 0 Å². The number of aliphatic hydroxyl groups is 1. The van der Waals surface area contributed by atoms with Crippen LogP contribution < -0.4 is 9.47 Å². The fraction of sp³-hybridized carbons (Fsp3) is 0.806. The van der Waals surface area contributed by atoms with Gasteiger partial charge in [-0.05, 0) is 88.3 Å². The summed E-state index contributed by atoms with van der Waals surface area (Å²) in [7, 11) is 1.81. The minimum Gasteiger partial charge on any atom is -0.482 e. The minimum absolute atomic E-state index is 0.0682. The Morgan fingerprint density at radius 3 is 2.53 bits per heavy atom. The van der Waals surface area contributed by atoms with Gasteiger partial charge >= 0.3 is 6.16 Å². The SMILES string of the molecule is CCOCCOCCOC(=O)Oc1ccc2c3c1O[C@H]1C4(OC)CC[C@@]5(C[C@@H]4[C@](C)(O)C(C)(C)C)[C@@H](C2)N(CC2CC2)CC[C@]315. The van der Waals surface area contributed by atoms with E-state index in [4.69, 9.17) is 28.4 Å². The molecule has 7 atom stereocenters. The molecule has 4 saturated carbocycles. The maximum atomic E-state index is 12.9. The molecule has 1 saturated heterocycles. The Hall–Kier alpha value is -1.91. The lowest BCUT2D eigenvalue weighted by Gasteiger charge is -2.75. The topological polar surface area (TPSA) is 95.9 Å². The summed E-state index contributed by atoms with van der Waals surface area (Å²) in [6, 6.07) is 4.41. The largest absolute Gasteiger partial charge is 0.514 e. The lowest BCUT2D eigenvalue weighted by molar-refractivity contribution is -0.312. The first kappa shape index (κ1) is 31.7. The van der Waals surface area contributed by atoms with Crippen molar-refractivity contribution in [1.82, 2.24) is 4.90 Å². The predicted octanol–water partition coefficient (Wildman–Crippen LogP) is 5.28. The summed E-state index contributed by atoms with van der Waals surface area (Å²) in [4.78, 5) is 15.7. The predicted molar refractivity (Wildman–Crippen MR) is 168 cm³/mol. The second-order valence-electron chi connectivity index (χ2n) is 15.8. The fourth-order valence-corrected chi connectivity index (χ4v) is 10.3. The number of carbonyl (C=O) groups excluding carboxylic acids is 1. The first-order chi connectivity index (χ1) is 21.4. The van der Waals surface area contributed by atoms with Crippen LogP contribution in [0, 0.1) is 22.7 Å². The van der Waals surface area contributed by atoms with E-state index in [9.17, 15) is 9.90 Å². The summed E-state index contributed by atoms with van der Waals surface area (Å²) in [5, 5.41) is 12.4. The lowest BCUT2D eigenvalue weighted by atomic mass is 9.33.